The average molecular weight is 337 g/mol. The number of nitriles is 1. The van der Waals surface area contributed by atoms with E-state index in [0.29, 0.717) is 28.2 Å². The van der Waals surface area contributed by atoms with Crippen molar-refractivity contribution >= 4 is 10.4 Å². The van der Waals surface area contributed by atoms with Gasteiger partial charge in [0.25, 0.3) is 5.56 Å². The summed E-state index contributed by atoms with van der Waals surface area (Å²) in [5, 5.41) is 11.8. The zero-order valence-corrected chi connectivity index (χ0v) is 13.4. The van der Waals surface area contributed by atoms with Gasteiger partial charge in [-0.3, -0.25) is 9.89 Å². The Hall–Kier alpha value is -3.40. The number of nitrogens with zero attached hydrogens (tertiary/aromatic N) is 4. The minimum atomic E-state index is -2.12. The van der Waals surface area contributed by atoms with E-state index in [1.54, 1.807) is 31.2 Å². The lowest BCUT2D eigenvalue weighted by Crippen LogP contribution is -2.16. The molecule has 0 bridgehead atoms. The fourth-order valence-electron chi connectivity index (χ4n) is 2.37. The molecule has 0 spiro atoms. The first-order chi connectivity index (χ1) is 11.5. The molecule has 2 aromatic heterocycles. The first-order valence-corrected chi connectivity index (χ1v) is 8.01. The fourth-order valence-corrected chi connectivity index (χ4v) is 2.69. The van der Waals surface area contributed by atoms with Crippen molar-refractivity contribution in [2.75, 3.05) is 0 Å². The maximum Gasteiger partial charge on any atom is 0.280 e. The Balaban J connectivity index is 2.09. The quantitative estimate of drug-likeness (QED) is 0.768. The van der Waals surface area contributed by atoms with Gasteiger partial charge in [0.2, 0.25) is 0 Å². The fraction of sp³-hybridized carbons (Fsp3) is 0.0625. The molecule has 0 amide bonds. The minimum Gasteiger partial charge on any atom is -0.293 e. The van der Waals surface area contributed by atoms with Gasteiger partial charge in [0.1, 0.15) is 4.90 Å². The molecule has 0 unspecified atom stereocenters. The van der Waals surface area contributed by atoms with E-state index in [1.165, 1.54) is 23.0 Å². The van der Waals surface area contributed by atoms with Crippen molar-refractivity contribution in [3.8, 4) is 23.0 Å². The number of aromatic nitrogens is 3. The summed E-state index contributed by atoms with van der Waals surface area (Å²) in [5.41, 5.74) is 2.06. The second-order valence-electron chi connectivity index (χ2n) is 5.04. The van der Waals surface area contributed by atoms with Crippen LogP contribution in [0.15, 0.2) is 52.3 Å². The number of rotatable bonds is 2. The number of H-pyrrole nitrogens is 1. The number of aromatic amines is 1. The summed E-state index contributed by atoms with van der Waals surface area (Å²) in [5.74, 6) is 0.317. The second-order valence-corrected chi connectivity index (χ2v) is 6.01. The molecule has 0 atom stereocenters. The number of benzene rings is 1. The van der Waals surface area contributed by atoms with E-state index in [1.807, 2.05) is 6.07 Å². The molecule has 118 valence electrons. The number of aryl methyl sites for hydroxylation is 1. The van der Waals surface area contributed by atoms with Crippen LogP contribution in [0.25, 0.3) is 16.9 Å². The molecule has 1 aromatic carbocycles. The first-order valence-electron chi connectivity index (χ1n) is 6.90. The lowest BCUT2D eigenvalue weighted by Gasteiger charge is -1.99. The molecule has 0 radical (unpaired) electrons. The van der Waals surface area contributed by atoms with Crippen molar-refractivity contribution in [3.05, 3.63) is 64.2 Å². The Labute approximate surface area is 138 Å². The highest BCUT2D eigenvalue weighted by Gasteiger charge is 2.15. The molecule has 8 heteroatoms. The van der Waals surface area contributed by atoms with Crippen LogP contribution in [0, 0.1) is 22.9 Å². The molecule has 0 saturated heterocycles. The van der Waals surface area contributed by atoms with Gasteiger partial charge in [-0.15, -0.1) is 4.61 Å². The third kappa shape index (κ3) is 2.65. The van der Waals surface area contributed by atoms with E-state index in [4.69, 9.17) is 9.87 Å². The van der Waals surface area contributed by atoms with Gasteiger partial charge in [-0.1, -0.05) is 12.1 Å². The van der Waals surface area contributed by atoms with Crippen LogP contribution in [-0.4, -0.2) is 19.0 Å². The smallest absolute Gasteiger partial charge is 0.280 e. The molecule has 7 nitrogen and oxygen atoms in total. The van der Waals surface area contributed by atoms with Crippen LogP contribution in [0.5, 0.6) is 0 Å². The van der Waals surface area contributed by atoms with Crippen molar-refractivity contribution in [2.24, 2.45) is 0 Å². The summed E-state index contributed by atoms with van der Waals surface area (Å²) in [6.45, 7) is 1.77. The van der Waals surface area contributed by atoms with E-state index >= 15 is 0 Å². The highest BCUT2D eigenvalue weighted by Crippen LogP contribution is 2.20. The van der Waals surface area contributed by atoms with Crippen molar-refractivity contribution in [1.82, 2.24) is 14.8 Å². The van der Waals surface area contributed by atoms with Crippen LogP contribution in [0.1, 0.15) is 11.3 Å². The Morgan fingerprint density at radius 3 is 2.46 bits per heavy atom. The molecule has 0 saturated carbocycles. The molecular weight excluding hydrogens is 326 g/mol. The van der Waals surface area contributed by atoms with Crippen LogP contribution in [-0.2, 0) is 10.4 Å². The van der Waals surface area contributed by atoms with Gasteiger partial charge in [0.05, 0.1) is 23.4 Å². The third-order valence-electron chi connectivity index (χ3n) is 3.53. The standard InChI is InChI=1S/C16H11N5O2S/c1-10-15(12-4-2-11(8-17)3-5-12)16(22)21(20-10)14-7-6-13(9-19-14)24(18)23/h2-7,9,20H,1H3. The lowest BCUT2D eigenvalue weighted by molar-refractivity contribution is 0.689. The Bertz CT molecular complexity index is 1130. The topological polar surface area (TPSA) is 115 Å². The van der Waals surface area contributed by atoms with E-state index in [-0.39, 0.29) is 10.5 Å². The maximum absolute atomic E-state index is 12.7. The van der Waals surface area contributed by atoms with Gasteiger partial charge in [-0.2, -0.15) is 9.47 Å². The summed E-state index contributed by atoms with van der Waals surface area (Å²) >= 11 is 0. The summed E-state index contributed by atoms with van der Waals surface area (Å²) in [6.07, 6.45) is 1.25. The molecule has 1 N–H and O–H groups in total. The molecule has 0 aliphatic carbocycles. The lowest BCUT2D eigenvalue weighted by atomic mass is 10.1. The molecule has 3 aromatic rings. The Kier molecular flexibility index (Phi) is 3.88. The molecule has 2 heterocycles. The summed E-state index contributed by atoms with van der Waals surface area (Å²) in [7, 11) is -2.12. The highest BCUT2D eigenvalue weighted by atomic mass is 32.2. The monoisotopic (exact) mass is 337 g/mol. The molecule has 0 aliphatic rings. The minimum absolute atomic E-state index is 0.155. The average Bonchev–Trinajstić information content (AvgIpc) is 2.89. The van der Waals surface area contributed by atoms with Crippen LogP contribution in [0.2, 0.25) is 0 Å². The summed E-state index contributed by atoms with van der Waals surface area (Å²) in [4.78, 5) is 16.9. The Morgan fingerprint density at radius 2 is 1.92 bits per heavy atom. The number of hydrogen-bond acceptors (Lipinski definition) is 5. The molecule has 0 aliphatic heterocycles. The zero-order chi connectivity index (χ0) is 17.3. The Morgan fingerprint density at radius 1 is 1.21 bits per heavy atom. The predicted octanol–water partition coefficient (Wildman–Crippen LogP) is 1.99. The van der Waals surface area contributed by atoms with Gasteiger partial charge < -0.3 is 0 Å². The van der Waals surface area contributed by atoms with E-state index in [0.717, 1.165) is 0 Å². The largest absolute Gasteiger partial charge is 0.293 e. The normalized spacial score (nSPS) is 10.3. The summed E-state index contributed by atoms with van der Waals surface area (Å²) in [6, 6.07) is 11.7. The van der Waals surface area contributed by atoms with Gasteiger partial charge >= 0.3 is 0 Å². The number of pyridine rings is 1. The van der Waals surface area contributed by atoms with Crippen LogP contribution in [0.4, 0.5) is 0 Å². The molecular formula is C16H11N5O2S. The van der Waals surface area contributed by atoms with Crippen molar-refractivity contribution in [2.45, 2.75) is 11.8 Å². The van der Waals surface area contributed by atoms with Crippen LogP contribution < -0.4 is 5.56 Å². The predicted molar refractivity (Wildman–Crippen MR) is 87.2 cm³/mol. The number of hydrogen-bond donors (Lipinski definition) is 1. The highest BCUT2D eigenvalue weighted by molar-refractivity contribution is 7.71. The summed E-state index contributed by atoms with van der Waals surface area (Å²) < 4.78 is 21.3. The van der Waals surface area contributed by atoms with Crippen LogP contribution in [0.3, 0.4) is 0 Å². The maximum atomic E-state index is 12.7. The SMILES string of the molecule is Cc1[nH]n(-c2ccc(S(#N)=O)cn2)c(=O)c1-c1ccc(C#N)cc1. The van der Waals surface area contributed by atoms with Gasteiger partial charge in [-0.25, -0.2) is 9.67 Å². The van der Waals surface area contributed by atoms with Gasteiger partial charge in [0, 0.05) is 5.69 Å². The van der Waals surface area contributed by atoms with Gasteiger partial charge in [-0.05, 0) is 36.8 Å². The zero-order valence-electron chi connectivity index (χ0n) is 12.6. The second kappa shape index (κ2) is 6.01. The van der Waals surface area contributed by atoms with E-state index in [9.17, 15) is 9.00 Å². The van der Waals surface area contributed by atoms with Crippen molar-refractivity contribution < 1.29 is 4.21 Å². The first kappa shape index (κ1) is 15.5. The van der Waals surface area contributed by atoms with Crippen molar-refractivity contribution in [3.63, 3.8) is 0 Å². The van der Waals surface area contributed by atoms with E-state index in [2.05, 4.69) is 10.1 Å². The third-order valence-corrected chi connectivity index (χ3v) is 4.17. The molecule has 24 heavy (non-hydrogen) atoms. The number of nitrogens with one attached hydrogen (secondary N) is 1. The molecule has 0 fully saturated rings. The van der Waals surface area contributed by atoms with E-state index < -0.39 is 10.4 Å². The van der Waals surface area contributed by atoms with Crippen molar-refractivity contribution in [1.29, 1.82) is 9.87 Å². The van der Waals surface area contributed by atoms with Gasteiger partial charge in [0.15, 0.2) is 16.2 Å². The van der Waals surface area contributed by atoms with Crippen LogP contribution >= 0.6 is 0 Å². The molecule has 3 rings (SSSR count).